The first kappa shape index (κ1) is 14.2. The van der Waals surface area contributed by atoms with Gasteiger partial charge in [0.2, 0.25) is 0 Å². The Labute approximate surface area is 126 Å². The Bertz CT molecular complexity index is 663. The van der Waals surface area contributed by atoms with Crippen molar-refractivity contribution in [1.82, 2.24) is 4.98 Å². The van der Waals surface area contributed by atoms with Crippen LogP contribution < -0.4 is 4.90 Å². The van der Waals surface area contributed by atoms with Gasteiger partial charge in [-0.2, -0.15) is 0 Å². The van der Waals surface area contributed by atoms with Crippen LogP contribution in [0.15, 0.2) is 17.6 Å². The van der Waals surface area contributed by atoms with E-state index in [4.69, 9.17) is 0 Å². The van der Waals surface area contributed by atoms with Gasteiger partial charge in [0, 0.05) is 13.1 Å². The molecule has 1 aliphatic rings. The Hall–Kier alpha value is -1.73. The van der Waals surface area contributed by atoms with Crippen LogP contribution in [0.1, 0.15) is 19.8 Å². The summed E-state index contributed by atoms with van der Waals surface area (Å²) in [7, 11) is 0. The third kappa shape index (κ3) is 2.58. The van der Waals surface area contributed by atoms with Crippen LogP contribution in [-0.2, 0) is 0 Å². The number of benzene rings is 1. The second-order valence-electron chi connectivity index (χ2n) is 5.45. The van der Waals surface area contributed by atoms with Crippen molar-refractivity contribution in [3.63, 3.8) is 0 Å². The molecular weight excluding hydrogens is 290 g/mol. The summed E-state index contributed by atoms with van der Waals surface area (Å²) in [4.78, 5) is 17.3. The number of hydrogen-bond donors (Lipinski definition) is 1. The van der Waals surface area contributed by atoms with Gasteiger partial charge in [-0.15, -0.1) is 11.3 Å². The number of nitro benzene ring substituents is 1. The van der Waals surface area contributed by atoms with E-state index in [-0.39, 0.29) is 22.6 Å². The van der Waals surface area contributed by atoms with E-state index >= 15 is 0 Å². The standard InChI is InChI=1S/C14H17N3O3S/c1-9(18)10-4-6-16(7-5-10)11-2-3-12-13(15-8-21-12)14(11)17(19)20/h2-3,8-10,18H,4-7H2,1H3. The zero-order valence-corrected chi connectivity index (χ0v) is 12.5. The molecule has 0 bridgehead atoms. The number of nitrogens with zero attached hydrogens (tertiary/aromatic N) is 3. The van der Waals surface area contributed by atoms with E-state index in [0.29, 0.717) is 11.2 Å². The van der Waals surface area contributed by atoms with Crippen LogP contribution in [0.3, 0.4) is 0 Å². The fourth-order valence-corrected chi connectivity index (χ4v) is 3.64. The highest BCUT2D eigenvalue weighted by molar-refractivity contribution is 7.16. The molecule has 1 atom stereocenters. The van der Waals surface area contributed by atoms with Crippen molar-refractivity contribution in [3.8, 4) is 0 Å². The van der Waals surface area contributed by atoms with Gasteiger partial charge in [-0.1, -0.05) is 0 Å². The van der Waals surface area contributed by atoms with Crippen molar-refractivity contribution in [3.05, 3.63) is 27.8 Å². The largest absolute Gasteiger partial charge is 0.393 e. The molecular formula is C14H17N3O3S. The van der Waals surface area contributed by atoms with Gasteiger partial charge in [0.25, 0.3) is 0 Å². The minimum Gasteiger partial charge on any atom is -0.393 e. The Balaban J connectivity index is 1.94. The highest BCUT2D eigenvalue weighted by Crippen LogP contribution is 2.38. The van der Waals surface area contributed by atoms with E-state index in [1.54, 1.807) is 5.51 Å². The van der Waals surface area contributed by atoms with Crippen LogP contribution >= 0.6 is 11.3 Å². The highest BCUT2D eigenvalue weighted by Gasteiger charge is 2.29. The molecule has 2 aromatic rings. The predicted octanol–water partition coefficient (Wildman–Crippen LogP) is 2.80. The number of thiazole rings is 1. The molecule has 6 nitrogen and oxygen atoms in total. The lowest BCUT2D eigenvalue weighted by atomic mass is 9.92. The summed E-state index contributed by atoms with van der Waals surface area (Å²) in [6.45, 7) is 3.27. The summed E-state index contributed by atoms with van der Waals surface area (Å²) in [6.07, 6.45) is 1.39. The third-order valence-electron chi connectivity index (χ3n) is 4.20. The predicted molar refractivity (Wildman–Crippen MR) is 82.9 cm³/mol. The van der Waals surface area contributed by atoms with Gasteiger partial charge < -0.3 is 10.0 Å². The Kier molecular flexibility index (Phi) is 3.77. The first-order chi connectivity index (χ1) is 10.1. The molecule has 1 unspecified atom stereocenters. The number of aromatic nitrogens is 1. The van der Waals surface area contributed by atoms with Gasteiger partial charge in [-0.25, -0.2) is 4.98 Å². The maximum atomic E-state index is 11.5. The lowest BCUT2D eigenvalue weighted by molar-refractivity contribution is -0.382. The van der Waals surface area contributed by atoms with E-state index in [1.807, 2.05) is 24.0 Å². The summed E-state index contributed by atoms with van der Waals surface area (Å²) in [6, 6.07) is 3.72. The summed E-state index contributed by atoms with van der Waals surface area (Å²) in [5.41, 5.74) is 2.85. The lowest BCUT2D eigenvalue weighted by Gasteiger charge is -2.34. The number of aliphatic hydroxyl groups excluding tert-OH is 1. The molecule has 1 saturated heterocycles. The average Bonchev–Trinajstić information content (AvgIpc) is 2.94. The van der Waals surface area contributed by atoms with Crippen LogP contribution in [0.4, 0.5) is 11.4 Å². The van der Waals surface area contributed by atoms with Crippen LogP contribution in [0.2, 0.25) is 0 Å². The first-order valence-electron chi connectivity index (χ1n) is 7.01. The normalized spacial score (nSPS) is 18.1. The first-order valence-corrected chi connectivity index (χ1v) is 7.89. The molecule has 0 aliphatic carbocycles. The molecule has 3 rings (SSSR count). The zero-order chi connectivity index (χ0) is 15.0. The molecule has 0 spiro atoms. The van der Waals surface area contributed by atoms with Gasteiger partial charge in [-0.3, -0.25) is 10.1 Å². The Morgan fingerprint density at radius 3 is 2.81 bits per heavy atom. The van der Waals surface area contributed by atoms with E-state index in [2.05, 4.69) is 4.98 Å². The summed E-state index contributed by atoms with van der Waals surface area (Å²) in [5.74, 6) is 0.281. The van der Waals surface area contributed by atoms with Crippen LogP contribution in [0, 0.1) is 16.0 Å². The second kappa shape index (κ2) is 5.57. The number of anilines is 1. The van der Waals surface area contributed by atoms with Crippen molar-refractivity contribution >= 4 is 32.9 Å². The number of rotatable bonds is 3. The third-order valence-corrected chi connectivity index (χ3v) is 4.99. The molecule has 2 heterocycles. The average molecular weight is 307 g/mol. The SMILES string of the molecule is CC(O)C1CCN(c2ccc3scnc3c2[N+](=O)[O-])CC1. The molecule has 0 radical (unpaired) electrons. The van der Waals surface area contributed by atoms with Crippen LogP contribution in [0.5, 0.6) is 0 Å². The molecule has 21 heavy (non-hydrogen) atoms. The Morgan fingerprint density at radius 2 is 2.19 bits per heavy atom. The lowest BCUT2D eigenvalue weighted by Crippen LogP contribution is -2.37. The molecule has 7 heteroatoms. The number of aliphatic hydroxyl groups is 1. The minimum absolute atomic E-state index is 0.101. The van der Waals surface area contributed by atoms with E-state index in [0.717, 1.165) is 30.6 Å². The monoisotopic (exact) mass is 307 g/mol. The number of hydrogen-bond acceptors (Lipinski definition) is 6. The summed E-state index contributed by atoms with van der Waals surface area (Å²) in [5, 5.41) is 21.1. The molecule has 112 valence electrons. The smallest absolute Gasteiger partial charge is 0.319 e. The fourth-order valence-electron chi connectivity index (χ4n) is 2.96. The number of nitro groups is 1. The van der Waals surface area contributed by atoms with Crippen molar-refractivity contribution in [2.75, 3.05) is 18.0 Å². The van der Waals surface area contributed by atoms with Crippen molar-refractivity contribution in [1.29, 1.82) is 0 Å². The molecule has 1 fully saturated rings. The molecule has 1 N–H and O–H groups in total. The molecule has 1 aromatic carbocycles. The molecule has 0 saturated carbocycles. The van der Waals surface area contributed by atoms with Crippen molar-refractivity contribution in [2.45, 2.75) is 25.9 Å². The van der Waals surface area contributed by atoms with E-state index in [9.17, 15) is 15.2 Å². The van der Waals surface area contributed by atoms with Crippen molar-refractivity contribution < 1.29 is 10.0 Å². The summed E-state index contributed by atoms with van der Waals surface area (Å²) >= 11 is 1.41. The van der Waals surface area contributed by atoms with E-state index < -0.39 is 0 Å². The number of fused-ring (bicyclic) bond motifs is 1. The van der Waals surface area contributed by atoms with E-state index in [1.165, 1.54) is 11.3 Å². The highest BCUT2D eigenvalue weighted by atomic mass is 32.1. The van der Waals surface area contributed by atoms with Gasteiger partial charge in [-0.05, 0) is 37.8 Å². The maximum absolute atomic E-state index is 11.5. The molecule has 0 amide bonds. The van der Waals surface area contributed by atoms with Crippen molar-refractivity contribution in [2.24, 2.45) is 5.92 Å². The Morgan fingerprint density at radius 1 is 1.48 bits per heavy atom. The quantitative estimate of drug-likeness (QED) is 0.696. The number of piperidine rings is 1. The molecule has 1 aliphatic heterocycles. The topological polar surface area (TPSA) is 79.5 Å². The molecule has 1 aromatic heterocycles. The fraction of sp³-hybridized carbons (Fsp3) is 0.500. The summed E-state index contributed by atoms with van der Waals surface area (Å²) < 4.78 is 0.837. The van der Waals surface area contributed by atoms with Crippen LogP contribution in [0.25, 0.3) is 10.2 Å². The van der Waals surface area contributed by atoms with Gasteiger partial charge >= 0.3 is 5.69 Å². The maximum Gasteiger partial charge on any atom is 0.319 e. The van der Waals surface area contributed by atoms with Crippen LogP contribution in [-0.4, -0.2) is 34.2 Å². The van der Waals surface area contributed by atoms with Gasteiger partial charge in [0.15, 0.2) is 5.52 Å². The van der Waals surface area contributed by atoms with Gasteiger partial charge in [0.1, 0.15) is 5.69 Å². The van der Waals surface area contributed by atoms with Gasteiger partial charge in [0.05, 0.1) is 21.2 Å². The minimum atomic E-state index is -0.335. The second-order valence-corrected chi connectivity index (χ2v) is 6.34. The zero-order valence-electron chi connectivity index (χ0n) is 11.7.